The van der Waals surface area contributed by atoms with Gasteiger partial charge in [0.1, 0.15) is 0 Å². The van der Waals surface area contributed by atoms with E-state index < -0.39 is 23.4 Å². The summed E-state index contributed by atoms with van der Waals surface area (Å²) in [5, 5.41) is 10.3. The molecule has 0 saturated carbocycles. The van der Waals surface area contributed by atoms with E-state index in [1.165, 1.54) is 6.92 Å². The first-order valence-corrected chi connectivity index (χ1v) is 6.56. The third-order valence-electron chi connectivity index (χ3n) is 3.44. The summed E-state index contributed by atoms with van der Waals surface area (Å²) in [5.74, 6) is -1.20. The van der Waals surface area contributed by atoms with Crippen LogP contribution in [0.5, 0.6) is 0 Å². The van der Waals surface area contributed by atoms with Crippen LogP contribution in [0.2, 0.25) is 0 Å². The van der Waals surface area contributed by atoms with Crippen LogP contribution in [0.15, 0.2) is 48.6 Å². The second-order valence-corrected chi connectivity index (χ2v) is 5.07. The molecule has 1 aromatic rings. The van der Waals surface area contributed by atoms with Gasteiger partial charge in [-0.05, 0) is 24.1 Å². The van der Waals surface area contributed by atoms with Crippen LogP contribution in [-0.4, -0.2) is 23.1 Å². The van der Waals surface area contributed by atoms with Crippen molar-refractivity contribution in [1.29, 1.82) is 0 Å². The van der Waals surface area contributed by atoms with Crippen molar-refractivity contribution >= 4 is 17.4 Å². The average molecular weight is 287 g/mol. The summed E-state index contributed by atoms with van der Waals surface area (Å²) >= 11 is 0. The fraction of sp³-hybridized carbons (Fsp3) is 0.250. The molecule has 0 heterocycles. The van der Waals surface area contributed by atoms with Gasteiger partial charge in [0.25, 0.3) is 5.91 Å². The first kappa shape index (κ1) is 15.0. The van der Waals surface area contributed by atoms with Crippen molar-refractivity contribution in [3.8, 4) is 0 Å². The third-order valence-corrected chi connectivity index (χ3v) is 3.44. The Bertz CT molecular complexity index is 606. The Morgan fingerprint density at radius 1 is 1.29 bits per heavy atom. The molecule has 5 nitrogen and oxygen atoms in total. The van der Waals surface area contributed by atoms with Crippen molar-refractivity contribution in [2.75, 3.05) is 0 Å². The van der Waals surface area contributed by atoms with E-state index in [4.69, 9.17) is 0 Å². The van der Waals surface area contributed by atoms with Gasteiger partial charge in [-0.15, -0.1) is 0 Å². The summed E-state index contributed by atoms with van der Waals surface area (Å²) in [6.45, 7) is 2.76. The number of hydrogen-bond donors (Lipinski definition) is 2. The van der Waals surface area contributed by atoms with Crippen molar-refractivity contribution in [2.24, 2.45) is 5.41 Å². The van der Waals surface area contributed by atoms with Crippen molar-refractivity contribution in [3.63, 3.8) is 0 Å². The number of hydroxylamine groups is 1. The zero-order valence-corrected chi connectivity index (χ0v) is 11.9. The van der Waals surface area contributed by atoms with Crippen molar-refractivity contribution in [1.82, 2.24) is 5.48 Å². The Hall–Kier alpha value is -2.40. The van der Waals surface area contributed by atoms with Gasteiger partial charge in [0, 0.05) is 6.92 Å². The number of carbonyl (C=O) groups is 2. The van der Waals surface area contributed by atoms with Crippen LogP contribution in [0.3, 0.4) is 0 Å². The summed E-state index contributed by atoms with van der Waals surface area (Å²) in [7, 11) is 0. The Labute approximate surface area is 122 Å². The second-order valence-electron chi connectivity index (χ2n) is 5.07. The average Bonchev–Trinajstić information content (AvgIpc) is 2.48. The lowest BCUT2D eigenvalue weighted by Crippen LogP contribution is -2.46. The van der Waals surface area contributed by atoms with Gasteiger partial charge >= 0.3 is 5.97 Å². The first-order valence-electron chi connectivity index (χ1n) is 6.56. The first-order chi connectivity index (χ1) is 9.93. The van der Waals surface area contributed by atoms with E-state index in [0.29, 0.717) is 0 Å². The van der Waals surface area contributed by atoms with Gasteiger partial charge in [0.15, 0.2) is 0 Å². The van der Waals surface area contributed by atoms with Crippen LogP contribution in [0, 0.1) is 5.41 Å². The standard InChI is InChI=1S/C16H17NO4/c1-11(18)21-17-15(20)16(2)9-8-13(10-14(16)19)12-6-4-3-5-7-12/h3-10,14,19H,1-2H3,(H,17,20). The summed E-state index contributed by atoms with van der Waals surface area (Å²) in [6.07, 6.45) is 3.98. The maximum absolute atomic E-state index is 12.0. The van der Waals surface area contributed by atoms with Crippen LogP contribution in [0.1, 0.15) is 19.4 Å². The molecule has 1 aliphatic carbocycles. The molecule has 2 atom stereocenters. The third kappa shape index (κ3) is 3.20. The minimum Gasteiger partial charge on any atom is -0.388 e. The minimum absolute atomic E-state index is 0.579. The summed E-state index contributed by atoms with van der Waals surface area (Å²) in [4.78, 5) is 27.3. The summed E-state index contributed by atoms with van der Waals surface area (Å²) in [6, 6.07) is 9.55. The Morgan fingerprint density at radius 2 is 1.95 bits per heavy atom. The van der Waals surface area contributed by atoms with Crippen molar-refractivity contribution in [3.05, 3.63) is 54.1 Å². The van der Waals surface area contributed by atoms with Gasteiger partial charge < -0.3 is 9.94 Å². The number of benzene rings is 1. The topological polar surface area (TPSA) is 75.6 Å². The fourth-order valence-corrected chi connectivity index (χ4v) is 2.02. The molecule has 1 amide bonds. The number of carbonyl (C=O) groups excluding carboxylic acids is 2. The van der Waals surface area contributed by atoms with E-state index in [2.05, 4.69) is 4.84 Å². The van der Waals surface area contributed by atoms with Crippen LogP contribution in [0.4, 0.5) is 0 Å². The molecule has 1 aliphatic rings. The number of hydrogen-bond acceptors (Lipinski definition) is 4. The Balaban J connectivity index is 2.17. The van der Waals surface area contributed by atoms with Gasteiger partial charge in [-0.2, -0.15) is 5.48 Å². The summed E-state index contributed by atoms with van der Waals surface area (Å²) < 4.78 is 0. The maximum atomic E-state index is 12.0. The van der Waals surface area contributed by atoms with Gasteiger partial charge in [-0.3, -0.25) is 9.59 Å². The number of nitrogens with one attached hydrogen (secondary N) is 1. The zero-order chi connectivity index (χ0) is 15.5. The molecule has 2 rings (SSSR count). The zero-order valence-electron chi connectivity index (χ0n) is 11.9. The molecule has 0 fully saturated rings. The lowest BCUT2D eigenvalue weighted by Gasteiger charge is -2.31. The van der Waals surface area contributed by atoms with Crippen molar-refractivity contribution < 1.29 is 19.5 Å². The van der Waals surface area contributed by atoms with Gasteiger partial charge in [0.05, 0.1) is 11.5 Å². The highest BCUT2D eigenvalue weighted by atomic mass is 16.7. The van der Waals surface area contributed by atoms with Gasteiger partial charge in [0.2, 0.25) is 0 Å². The molecule has 2 unspecified atom stereocenters. The Kier molecular flexibility index (Phi) is 4.23. The van der Waals surface area contributed by atoms with Gasteiger partial charge in [-0.25, -0.2) is 0 Å². The van der Waals surface area contributed by atoms with Crippen LogP contribution in [-0.2, 0) is 14.4 Å². The molecular weight excluding hydrogens is 270 g/mol. The highest BCUT2D eigenvalue weighted by Gasteiger charge is 2.39. The highest BCUT2D eigenvalue weighted by Crippen LogP contribution is 2.33. The maximum Gasteiger partial charge on any atom is 0.329 e. The molecule has 0 bridgehead atoms. The predicted octanol–water partition coefficient (Wildman–Crippen LogP) is 1.60. The molecule has 0 spiro atoms. The van der Waals surface area contributed by atoms with Crippen LogP contribution in [0.25, 0.3) is 5.57 Å². The lowest BCUT2D eigenvalue weighted by atomic mass is 9.78. The van der Waals surface area contributed by atoms with E-state index >= 15 is 0 Å². The molecule has 110 valence electrons. The molecule has 1 aromatic carbocycles. The quantitative estimate of drug-likeness (QED) is 0.810. The molecule has 2 N–H and O–H groups in total. The molecule has 0 aromatic heterocycles. The molecular formula is C16H17NO4. The van der Waals surface area contributed by atoms with E-state index in [1.54, 1.807) is 25.2 Å². The predicted molar refractivity (Wildman–Crippen MR) is 77.6 cm³/mol. The Morgan fingerprint density at radius 3 is 2.52 bits per heavy atom. The number of amides is 1. The van der Waals surface area contributed by atoms with Crippen LogP contribution < -0.4 is 5.48 Å². The van der Waals surface area contributed by atoms with Crippen LogP contribution >= 0.6 is 0 Å². The molecule has 0 saturated heterocycles. The molecule has 0 aliphatic heterocycles. The molecule has 0 radical (unpaired) electrons. The van der Waals surface area contributed by atoms with E-state index in [0.717, 1.165) is 11.1 Å². The monoisotopic (exact) mass is 287 g/mol. The number of aliphatic hydroxyl groups is 1. The second kappa shape index (κ2) is 5.93. The van der Waals surface area contributed by atoms with Crippen molar-refractivity contribution in [2.45, 2.75) is 20.0 Å². The normalized spacial score (nSPS) is 24.1. The largest absolute Gasteiger partial charge is 0.388 e. The lowest BCUT2D eigenvalue weighted by molar-refractivity contribution is -0.160. The number of rotatable bonds is 2. The number of aliphatic hydroxyl groups excluding tert-OH is 1. The highest BCUT2D eigenvalue weighted by molar-refractivity contribution is 5.88. The van der Waals surface area contributed by atoms with E-state index in [1.807, 2.05) is 35.8 Å². The summed E-state index contributed by atoms with van der Waals surface area (Å²) in [5.41, 5.74) is 2.65. The minimum atomic E-state index is -1.19. The van der Waals surface area contributed by atoms with E-state index in [-0.39, 0.29) is 0 Å². The molecule has 21 heavy (non-hydrogen) atoms. The number of allylic oxidation sites excluding steroid dienone is 2. The molecule has 5 heteroatoms. The van der Waals surface area contributed by atoms with Gasteiger partial charge in [-0.1, -0.05) is 42.5 Å². The SMILES string of the molecule is CC(=O)ONC(=O)C1(C)C=CC(c2ccccc2)=CC1O. The van der Waals surface area contributed by atoms with E-state index in [9.17, 15) is 14.7 Å². The smallest absolute Gasteiger partial charge is 0.329 e. The fourth-order valence-electron chi connectivity index (χ4n) is 2.02.